The van der Waals surface area contributed by atoms with Crippen LogP contribution in [0.1, 0.15) is 25.7 Å². The number of hydrogen-bond donors (Lipinski definition) is 1. The molecule has 2 aliphatic carbocycles. The van der Waals surface area contributed by atoms with Gasteiger partial charge in [0.15, 0.2) is 0 Å². The van der Waals surface area contributed by atoms with Gasteiger partial charge >= 0.3 is 0 Å². The summed E-state index contributed by atoms with van der Waals surface area (Å²) in [6.07, 6.45) is 4.61. The summed E-state index contributed by atoms with van der Waals surface area (Å²) in [7, 11) is -3.85. The molecule has 4 rings (SSSR count). The van der Waals surface area contributed by atoms with E-state index in [9.17, 15) is 13.2 Å². The summed E-state index contributed by atoms with van der Waals surface area (Å²) in [5, 5.41) is 3.09. The summed E-state index contributed by atoms with van der Waals surface area (Å²) in [6.45, 7) is -0.229. The number of carbonyl (C=O) groups is 1. The number of fused-ring (bicyclic) bond motifs is 2. The number of halogens is 1. The second-order valence-electron chi connectivity index (χ2n) is 7.65. The van der Waals surface area contributed by atoms with Crippen molar-refractivity contribution >= 4 is 37.5 Å². The number of carbonyl (C=O) groups excluding carboxylic acids is 1. The van der Waals surface area contributed by atoms with E-state index in [1.54, 1.807) is 54.6 Å². The van der Waals surface area contributed by atoms with E-state index in [1.165, 1.54) is 17.1 Å². The van der Waals surface area contributed by atoms with Gasteiger partial charge in [-0.05, 0) is 67.5 Å². The fourth-order valence-corrected chi connectivity index (χ4v) is 6.15. The molecule has 7 heteroatoms. The highest BCUT2D eigenvalue weighted by atomic mass is 79.9. The Kier molecular flexibility index (Phi) is 5.47. The molecule has 0 radical (unpaired) electrons. The van der Waals surface area contributed by atoms with Crippen LogP contribution in [0.3, 0.4) is 0 Å². The van der Waals surface area contributed by atoms with E-state index in [1.807, 2.05) is 0 Å². The summed E-state index contributed by atoms with van der Waals surface area (Å²) in [5.41, 5.74) is 0.468. The SMILES string of the molecule is O=C(CN(c1ccc(Br)cc1)S(=O)(=O)c1ccccc1)N[C@@H]1C[C@H]2CC[C@H]1C2. The zero-order valence-electron chi connectivity index (χ0n) is 15.4. The molecular weight excluding hydrogens is 440 g/mol. The average molecular weight is 463 g/mol. The Morgan fingerprint density at radius 2 is 1.75 bits per heavy atom. The fraction of sp³-hybridized carbons (Fsp3) is 0.381. The van der Waals surface area contributed by atoms with Crippen LogP contribution in [0.15, 0.2) is 64.0 Å². The molecule has 1 amide bonds. The van der Waals surface area contributed by atoms with Crippen LogP contribution in [0.25, 0.3) is 0 Å². The molecule has 1 N–H and O–H groups in total. The van der Waals surface area contributed by atoms with Crippen molar-refractivity contribution in [1.29, 1.82) is 0 Å². The molecule has 2 aromatic carbocycles. The molecular formula is C21H23BrN2O3S. The summed E-state index contributed by atoms with van der Waals surface area (Å²) in [4.78, 5) is 12.9. The minimum atomic E-state index is -3.85. The Morgan fingerprint density at radius 3 is 2.36 bits per heavy atom. The molecule has 148 valence electrons. The highest BCUT2D eigenvalue weighted by Gasteiger charge is 2.40. The summed E-state index contributed by atoms with van der Waals surface area (Å²) >= 11 is 3.37. The van der Waals surface area contributed by atoms with Crippen molar-refractivity contribution in [3.05, 3.63) is 59.1 Å². The zero-order chi connectivity index (χ0) is 19.7. The maximum absolute atomic E-state index is 13.3. The van der Waals surface area contributed by atoms with Crippen LogP contribution in [-0.4, -0.2) is 26.9 Å². The van der Waals surface area contributed by atoms with E-state index in [0.717, 1.165) is 17.3 Å². The molecule has 2 aliphatic rings. The predicted octanol–water partition coefficient (Wildman–Crippen LogP) is 3.95. The lowest BCUT2D eigenvalue weighted by Crippen LogP contribution is -2.45. The highest BCUT2D eigenvalue weighted by Crippen LogP contribution is 2.44. The molecule has 2 saturated carbocycles. The Labute approximate surface area is 174 Å². The van der Waals surface area contributed by atoms with E-state index < -0.39 is 10.0 Å². The van der Waals surface area contributed by atoms with E-state index in [4.69, 9.17) is 0 Å². The van der Waals surface area contributed by atoms with Gasteiger partial charge in [0.2, 0.25) is 5.91 Å². The van der Waals surface area contributed by atoms with Crippen LogP contribution in [-0.2, 0) is 14.8 Å². The second kappa shape index (κ2) is 7.87. The lowest BCUT2D eigenvalue weighted by molar-refractivity contribution is -0.120. The average Bonchev–Trinajstić information content (AvgIpc) is 3.31. The maximum atomic E-state index is 13.3. The first-order valence-corrected chi connectivity index (χ1v) is 11.8. The number of anilines is 1. The molecule has 3 atom stereocenters. The van der Waals surface area contributed by atoms with Gasteiger partial charge in [-0.2, -0.15) is 0 Å². The van der Waals surface area contributed by atoms with Gasteiger partial charge in [0, 0.05) is 10.5 Å². The quantitative estimate of drug-likeness (QED) is 0.706. The predicted molar refractivity (Wildman–Crippen MR) is 112 cm³/mol. The highest BCUT2D eigenvalue weighted by molar-refractivity contribution is 9.10. The summed E-state index contributed by atoms with van der Waals surface area (Å²) in [6, 6.07) is 15.4. The van der Waals surface area contributed by atoms with Gasteiger partial charge in [-0.1, -0.05) is 40.5 Å². The molecule has 2 aromatic rings. The Hall–Kier alpha value is -1.86. The lowest BCUT2D eigenvalue weighted by atomic mass is 9.95. The fourth-order valence-electron chi connectivity index (χ4n) is 4.45. The van der Waals surface area contributed by atoms with Gasteiger partial charge in [0.05, 0.1) is 10.6 Å². The van der Waals surface area contributed by atoms with Crippen molar-refractivity contribution in [3.63, 3.8) is 0 Å². The molecule has 0 aliphatic heterocycles. The molecule has 0 unspecified atom stereocenters. The third-order valence-electron chi connectivity index (χ3n) is 5.82. The van der Waals surface area contributed by atoms with Crippen molar-refractivity contribution in [2.45, 2.75) is 36.6 Å². The topological polar surface area (TPSA) is 66.5 Å². The summed E-state index contributed by atoms with van der Waals surface area (Å²) in [5.74, 6) is 1.01. The van der Waals surface area contributed by atoms with Crippen LogP contribution < -0.4 is 9.62 Å². The van der Waals surface area contributed by atoms with Gasteiger partial charge in [-0.15, -0.1) is 0 Å². The number of rotatable bonds is 6. The van der Waals surface area contributed by atoms with Crippen LogP contribution in [0, 0.1) is 11.8 Å². The number of sulfonamides is 1. The molecule has 2 fully saturated rings. The third kappa shape index (κ3) is 3.96. The van der Waals surface area contributed by atoms with E-state index in [0.29, 0.717) is 17.5 Å². The van der Waals surface area contributed by atoms with Crippen molar-refractivity contribution in [1.82, 2.24) is 5.32 Å². The van der Waals surface area contributed by atoms with Crippen molar-refractivity contribution in [2.24, 2.45) is 11.8 Å². The molecule has 0 aromatic heterocycles. The van der Waals surface area contributed by atoms with Gasteiger partial charge in [-0.25, -0.2) is 8.42 Å². The minimum Gasteiger partial charge on any atom is -0.352 e. The van der Waals surface area contributed by atoms with Gasteiger partial charge in [0.25, 0.3) is 10.0 Å². The molecule has 0 saturated heterocycles. The number of nitrogens with one attached hydrogen (secondary N) is 1. The molecule has 5 nitrogen and oxygen atoms in total. The first-order valence-electron chi connectivity index (χ1n) is 9.56. The standard InChI is InChI=1S/C21H23BrN2O3S/c22-17-8-10-18(11-9-17)24(28(26,27)19-4-2-1-3-5-19)14-21(25)23-20-13-15-6-7-16(20)12-15/h1-5,8-11,15-16,20H,6-7,12-14H2,(H,23,25)/t15-,16-,20+/m0/s1. The van der Waals surface area contributed by atoms with E-state index >= 15 is 0 Å². The lowest BCUT2D eigenvalue weighted by Gasteiger charge is -2.27. The van der Waals surface area contributed by atoms with Crippen LogP contribution >= 0.6 is 15.9 Å². The van der Waals surface area contributed by atoms with Crippen molar-refractivity contribution < 1.29 is 13.2 Å². The van der Waals surface area contributed by atoms with Crippen molar-refractivity contribution in [3.8, 4) is 0 Å². The van der Waals surface area contributed by atoms with Gasteiger partial charge in [-0.3, -0.25) is 9.10 Å². The molecule has 0 heterocycles. The van der Waals surface area contributed by atoms with E-state index in [2.05, 4.69) is 21.2 Å². The molecule has 2 bridgehead atoms. The number of nitrogens with zero attached hydrogens (tertiary/aromatic N) is 1. The minimum absolute atomic E-state index is 0.172. The smallest absolute Gasteiger partial charge is 0.264 e. The Morgan fingerprint density at radius 1 is 1.04 bits per heavy atom. The zero-order valence-corrected chi connectivity index (χ0v) is 17.8. The monoisotopic (exact) mass is 462 g/mol. The maximum Gasteiger partial charge on any atom is 0.264 e. The first kappa shape index (κ1) is 19.5. The Balaban J connectivity index is 1.58. The number of benzene rings is 2. The van der Waals surface area contributed by atoms with Gasteiger partial charge in [0.1, 0.15) is 6.54 Å². The number of amides is 1. The Bertz CT molecular complexity index is 947. The van der Waals surface area contributed by atoms with Crippen molar-refractivity contribution in [2.75, 3.05) is 10.8 Å². The van der Waals surface area contributed by atoms with Crippen LogP contribution in [0.4, 0.5) is 5.69 Å². The van der Waals surface area contributed by atoms with E-state index in [-0.39, 0.29) is 23.4 Å². The summed E-state index contributed by atoms with van der Waals surface area (Å²) < 4.78 is 28.5. The third-order valence-corrected chi connectivity index (χ3v) is 8.13. The van der Waals surface area contributed by atoms with Gasteiger partial charge < -0.3 is 5.32 Å². The molecule has 28 heavy (non-hydrogen) atoms. The van der Waals surface area contributed by atoms with Crippen LogP contribution in [0.2, 0.25) is 0 Å². The normalized spacial score (nSPS) is 23.5. The first-order chi connectivity index (χ1) is 13.4. The number of hydrogen-bond acceptors (Lipinski definition) is 3. The largest absolute Gasteiger partial charge is 0.352 e. The second-order valence-corrected chi connectivity index (χ2v) is 10.4. The molecule has 0 spiro atoms. The van der Waals surface area contributed by atoms with Crippen LogP contribution in [0.5, 0.6) is 0 Å².